The standard InChI is InChI=1S/C19H18BrN3O2/c1-14-4-2-7-17(10-14)25-13-19(24)22-18-8-9-21-23(18)12-15-5-3-6-16(20)11-15/h2-11H,12-13H2,1H3,(H,22,24). The van der Waals surface area contributed by atoms with Crippen LogP contribution in [0.2, 0.25) is 0 Å². The van der Waals surface area contributed by atoms with E-state index in [4.69, 9.17) is 4.74 Å². The quantitative estimate of drug-likeness (QED) is 0.680. The Morgan fingerprint density at radius 1 is 1.20 bits per heavy atom. The summed E-state index contributed by atoms with van der Waals surface area (Å²) < 4.78 is 8.27. The minimum absolute atomic E-state index is 0.0501. The summed E-state index contributed by atoms with van der Waals surface area (Å²) in [4.78, 5) is 12.1. The van der Waals surface area contributed by atoms with Crippen LogP contribution in [0.15, 0.2) is 65.3 Å². The first kappa shape index (κ1) is 17.2. The van der Waals surface area contributed by atoms with Gasteiger partial charge in [0.15, 0.2) is 6.61 Å². The van der Waals surface area contributed by atoms with Gasteiger partial charge in [-0.3, -0.25) is 4.79 Å². The number of anilines is 1. The van der Waals surface area contributed by atoms with Gasteiger partial charge in [-0.2, -0.15) is 5.10 Å². The Morgan fingerprint density at radius 2 is 2.04 bits per heavy atom. The van der Waals surface area contributed by atoms with Crippen molar-refractivity contribution in [1.29, 1.82) is 0 Å². The van der Waals surface area contributed by atoms with Crippen molar-refractivity contribution in [2.24, 2.45) is 0 Å². The number of rotatable bonds is 6. The summed E-state index contributed by atoms with van der Waals surface area (Å²) in [6.07, 6.45) is 1.66. The van der Waals surface area contributed by atoms with Gasteiger partial charge in [0.25, 0.3) is 5.91 Å². The molecule has 0 atom stereocenters. The van der Waals surface area contributed by atoms with Crippen LogP contribution in [0.3, 0.4) is 0 Å². The van der Waals surface area contributed by atoms with Gasteiger partial charge < -0.3 is 10.1 Å². The summed E-state index contributed by atoms with van der Waals surface area (Å²) in [5, 5.41) is 7.10. The number of carbonyl (C=O) groups excluding carboxylic acids is 1. The third kappa shape index (κ3) is 4.93. The lowest BCUT2D eigenvalue weighted by molar-refractivity contribution is -0.118. The van der Waals surface area contributed by atoms with Crippen LogP contribution in [-0.4, -0.2) is 22.3 Å². The Kier molecular flexibility index (Phi) is 5.50. The van der Waals surface area contributed by atoms with Crippen LogP contribution in [-0.2, 0) is 11.3 Å². The molecule has 6 heteroatoms. The molecule has 0 aliphatic heterocycles. The van der Waals surface area contributed by atoms with Crippen LogP contribution >= 0.6 is 15.9 Å². The lowest BCUT2D eigenvalue weighted by Gasteiger charge is -2.10. The topological polar surface area (TPSA) is 56.1 Å². The Hall–Kier alpha value is -2.60. The number of hydrogen-bond acceptors (Lipinski definition) is 3. The zero-order chi connectivity index (χ0) is 17.6. The van der Waals surface area contributed by atoms with Crippen molar-refractivity contribution >= 4 is 27.7 Å². The first-order chi connectivity index (χ1) is 12.1. The fourth-order valence-electron chi connectivity index (χ4n) is 2.41. The second-order valence-electron chi connectivity index (χ2n) is 5.66. The van der Waals surface area contributed by atoms with E-state index in [1.165, 1.54) is 0 Å². The number of aromatic nitrogens is 2. The average Bonchev–Trinajstić information content (AvgIpc) is 3.00. The molecule has 5 nitrogen and oxygen atoms in total. The highest BCUT2D eigenvalue weighted by atomic mass is 79.9. The maximum atomic E-state index is 12.1. The normalized spacial score (nSPS) is 10.5. The smallest absolute Gasteiger partial charge is 0.263 e. The summed E-state index contributed by atoms with van der Waals surface area (Å²) >= 11 is 3.46. The molecule has 0 aliphatic carbocycles. The van der Waals surface area contributed by atoms with Gasteiger partial charge in [0.1, 0.15) is 11.6 Å². The number of halogens is 1. The fourth-order valence-corrected chi connectivity index (χ4v) is 2.85. The summed E-state index contributed by atoms with van der Waals surface area (Å²) in [6.45, 7) is 2.50. The molecule has 1 N–H and O–H groups in total. The van der Waals surface area contributed by atoms with E-state index in [0.717, 1.165) is 15.6 Å². The predicted molar refractivity (Wildman–Crippen MR) is 101 cm³/mol. The number of nitrogens with zero attached hydrogens (tertiary/aromatic N) is 2. The third-order valence-electron chi connectivity index (χ3n) is 3.56. The molecule has 0 unspecified atom stereocenters. The van der Waals surface area contributed by atoms with E-state index < -0.39 is 0 Å². The molecular formula is C19H18BrN3O2. The maximum Gasteiger partial charge on any atom is 0.263 e. The lowest BCUT2D eigenvalue weighted by Crippen LogP contribution is -2.22. The van der Waals surface area contributed by atoms with Gasteiger partial charge in [-0.15, -0.1) is 0 Å². The van der Waals surface area contributed by atoms with Crippen LogP contribution in [0.1, 0.15) is 11.1 Å². The molecule has 1 amide bonds. The predicted octanol–water partition coefficient (Wildman–Crippen LogP) is 4.02. The van der Waals surface area contributed by atoms with Gasteiger partial charge in [0.2, 0.25) is 0 Å². The van der Waals surface area contributed by atoms with Gasteiger partial charge in [0, 0.05) is 10.5 Å². The highest BCUT2D eigenvalue weighted by Crippen LogP contribution is 2.15. The monoisotopic (exact) mass is 399 g/mol. The van der Waals surface area contributed by atoms with Crippen LogP contribution in [0.5, 0.6) is 5.75 Å². The van der Waals surface area contributed by atoms with E-state index >= 15 is 0 Å². The highest BCUT2D eigenvalue weighted by molar-refractivity contribution is 9.10. The Morgan fingerprint density at radius 3 is 2.84 bits per heavy atom. The molecule has 25 heavy (non-hydrogen) atoms. The Bertz CT molecular complexity index is 876. The molecular weight excluding hydrogens is 382 g/mol. The summed E-state index contributed by atoms with van der Waals surface area (Å²) in [5.74, 6) is 1.09. The third-order valence-corrected chi connectivity index (χ3v) is 4.06. The second-order valence-corrected chi connectivity index (χ2v) is 6.57. The molecule has 3 rings (SSSR count). The summed E-state index contributed by atoms with van der Waals surface area (Å²) in [7, 11) is 0. The first-order valence-corrected chi connectivity index (χ1v) is 8.65. The van der Waals surface area contributed by atoms with Crippen molar-refractivity contribution in [2.45, 2.75) is 13.5 Å². The molecule has 1 heterocycles. The van der Waals surface area contributed by atoms with Gasteiger partial charge >= 0.3 is 0 Å². The lowest BCUT2D eigenvalue weighted by atomic mass is 10.2. The number of benzene rings is 2. The number of nitrogens with one attached hydrogen (secondary N) is 1. The highest BCUT2D eigenvalue weighted by Gasteiger charge is 2.09. The van der Waals surface area contributed by atoms with Crippen molar-refractivity contribution in [1.82, 2.24) is 9.78 Å². The van der Waals surface area contributed by atoms with E-state index in [2.05, 4.69) is 26.3 Å². The van der Waals surface area contributed by atoms with Crippen LogP contribution in [0.25, 0.3) is 0 Å². The Labute approximate surface area is 154 Å². The summed E-state index contributed by atoms with van der Waals surface area (Å²) in [5.41, 5.74) is 2.18. The van der Waals surface area contributed by atoms with Crippen LogP contribution in [0, 0.1) is 6.92 Å². The molecule has 0 spiro atoms. The molecule has 0 saturated carbocycles. The molecule has 0 radical (unpaired) electrons. The zero-order valence-corrected chi connectivity index (χ0v) is 15.4. The number of carbonyl (C=O) groups is 1. The minimum atomic E-state index is -0.225. The zero-order valence-electron chi connectivity index (χ0n) is 13.8. The van der Waals surface area contributed by atoms with Crippen LogP contribution < -0.4 is 10.1 Å². The van der Waals surface area contributed by atoms with Crippen molar-refractivity contribution in [3.05, 3.63) is 76.4 Å². The van der Waals surface area contributed by atoms with E-state index in [1.807, 2.05) is 55.5 Å². The van der Waals surface area contributed by atoms with E-state index in [-0.39, 0.29) is 12.5 Å². The Balaban J connectivity index is 1.59. The molecule has 0 saturated heterocycles. The number of aryl methyl sites for hydroxylation is 1. The van der Waals surface area contributed by atoms with E-state index in [0.29, 0.717) is 18.1 Å². The molecule has 3 aromatic rings. The van der Waals surface area contributed by atoms with Crippen molar-refractivity contribution in [3.8, 4) is 5.75 Å². The maximum absolute atomic E-state index is 12.1. The molecule has 2 aromatic carbocycles. The van der Waals surface area contributed by atoms with Crippen molar-refractivity contribution in [3.63, 3.8) is 0 Å². The molecule has 0 bridgehead atoms. The first-order valence-electron chi connectivity index (χ1n) is 7.86. The molecule has 128 valence electrons. The van der Waals surface area contributed by atoms with Crippen molar-refractivity contribution < 1.29 is 9.53 Å². The minimum Gasteiger partial charge on any atom is -0.484 e. The molecule has 1 aromatic heterocycles. The van der Waals surface area contributed by atoms with Gasteiger partial charge in [-0.05, 0) is 42.3 Å². The summed E-state index contributed by atoms with van der Waals surface area (Å²) in [6, 6.07) is 17.3. The van der Waals surface area contributed by atoms with Gasteiger partial charge in [0.05, 0.1) is 12.7 Å². The fraction of sp³-hybridized carbons (Fsp3) is 0.158. The second kappa shape index (κ2) is 7.98. The number of ether oxygens (including phenoxy) is 1. The van der Waals surface area contributed by atoms with Crippen molar-refractivity contribution in [2.75, 3.05) is 11.9 Å². The molecule has 0 aliphatic rings. The van der Waals surface area contributed by atoms with E-state index in [1.54, 1.807) is 16.9 Å². The largest absolute Gasteiger partial charge is 0.484 e. The van der Waals surface area contributed by atoms with Gasteiger partial charge in [-0.1, -0.05) is 40.2 Å². The van der Waals surface area contributed by atoms with Crippen LogP contribution in [0.4, 0.5) is 5.82 Å². The molecule has 0 fully saturated rings. The van der Waals surface area contributed by atoms with E-state index in [9.17, 15) is 4.79 Å². The number of hydrogen-bond donors (Lipinski definition) is 1. The average molecular weight is 400 g/mol. The SMILES string of the molecule is Cc1cccc(OCC(=O)Nc2ccnn2Cc2cccc(Br)c2)c1. The van der Waals surface area contributed by atoms with Gasteiger partial charge in [-0.25, -0.2) is 4.68 Å². The number of amides is 1.